The van der Waals surface area contributed by atoms with Gasteiger partial charge >= 0.3 is 12.1 Å². The lowest BCUT2D eigenvalue weighted by Crippen LogP contribution is -2.27. The third-order valence-electron chi connectivity index (χ3n) is 2.90. The Morgan fingerprint density at radius 2 is 2.14 bits per heavy atom. The van der Waals surface area contributed by atoms with Gasteiger partial charge < -0.3 is 9.47 Å². The zero-order valence-corrected chi connectivity index (χ0v) is 13.5. The number of aromatic nitrogens is 1. The number of amides is 1. The minimum Gasteiger partial charge on any atom is -0.465 e. The van der Waals surface area contributed by atoms with Gasteiger partial charge in [0, 0.05) is 4.88 Å². The van der Waals surface area contributed by atoms with E-state index in [1.807, 2.05) is 0 Å². The molecule has 1 amide bonds. The molecule has 0 unspecified atom stereocenters. The first-order chi connectivity index (χ1) is 9.80. The first-order valence-corrected chi connectivity index (χ1v) is 7.78. The molecule has 6 nitrogen and oxygen atoms in total. The molecule has 1 aromatic rings. The van der Waals surface area contributed by atoms with E-state index in [0.717, 1.165) is 23.4 Å². The van der Waals surface area contributed by atoms with Crippen LogP contribution in [0.4, 0.5) is 9.93 Å². The van der Waals surface area contributed by atoms with Crippen LogP contribution in [-0.2, 0) is 20.7 Å². The van der Waals surface area contributed by atoms with Crippen LogP contribution in [0.2, 0.25) is 0 Å². The third kappa shape index (κ3) is 3.93. The van der Waals surface area contributed by atoms with Gasteiger partial charge in [-0.15, -0.1) is 11.3 Å². The molecule has 1 aromatic heterocycles. The van der Waals surface area contributed by atoms with Crippen molar-refractivity contribution in [3.05, 3.63) is 10.6 Å². The predicted octanol–water partition coefficient (Wildman–Crippen LogP) is 3.08. The monoisotopic (exact) mass is 312 g/mol. The Morgan fingerprint density at radius 1 is 1.43 bits per heavy atom. The van der Waals surface area contributed by atoms with Crippen molar-refractivity contribution in [1.82, 2.24) is 4.98 Å². The van der Waals surface area contributed by atoms with Crippen molar-refractivity contribution >= 4 is 28.5 Å². The van der Waals surface area contributed by atoms with Crippen molar-refractivity contribution < 1.29 is 19.1 Å². The number of ether oxygens (including phenoxy) is 2. The molecular weight excluding hydrogens is 292 g/mol. The molecule has 0 bridgehead atoms. The number of fused-ring (bicyclic) bond motifs is 1. The number of esters is 1. The minimum atomic E-state index is -0.558. The molecule has 0 saturated heterocycles. The van der Waals surface area contributed by atoms with Crippen LogP contribution in [0.3, 0.4) is 0 Å². The van der Waals surface area contributed by atoms with E-state index in [2.05, 4.69) is 10.3 Å². The van der Waals surface area contributed by atoms with Gasteiger partial charge in [0.15, 0.2) is 5.13 Å². The molecule has 0 saturated carbocycles. The fourth-order valence-electron chi connectivity index (χ4n) is 2.14. The number of anilines is 1. The zero-order chi connectivity index (χ0) is 15.6. The molecule has 7 heteroatoms. The standard InChI is InChI=1S/C14H20N2O4S/c1-5-19-11(17)8-6-7-9-10(8)15-12(21-9)16-13(18)20-14(2,3)4/h8H,5-7H2,1-4H3,(H,15,16,18)/t8-/m1/s1. The van der Waals surface area contributed by atoms with Gasteiger partial charge in [-0.05, 0) is 40.5 Å². The molecule has 1 heterocycles. The summed E-state index contributed by atoms with van der Waals surface area (Å²) in [6, 6.07) is 0. The Bertz CT molecular complexity index is 548. The van der Waals surface area contributed by atoms with Crippen molar-refractivity contribution in [3.63, 3.8) is 0 Å². The lowest BCUT2D eigenvalue weighted by Gasteiger charge is -2.19. The van der Waals surface area contributed by atoms with Crippen molar-refractivity contribution in [3.8, 4) is 0 Å². The van der Waals surface area contributed by atoms with Crippen molar-refractivity contribution in [2.75, 3.05) is 11.9 Å². The Kier molecular flexibility index (Phi) is 4.51. The molecule has 0 spiro atoms. The van der Waals surface area contributed by atoms with E-state index in [1.165, 1.54) is 11.3 Å². The van der Waals surface area contributed by atoms with E-state index >= 15 is 0 Å². The summed E-state index contributed by atoms with van der Waals surface area (Å²) in [5, 5.41) is 3.07. The number of hydrogen-bond donors (Lipinski definition) is 1. The smallest absolute Gasteiger partial charge is 0.413 e. The van der Waals surface area contributed by atoms with Crippen LogP contribution in [0.5, 0.6) is 0 Å². The Balaban J connectivity index is 2.05. The van der Waals surface area contributed by atoms with Gasteiger partial charge in [0.25, 0.3) is 0 Å². The predicted molar refractivity (Wildman–Crippen MR) is 79.7 cm³/mol. The number of carbonyl (C=O) groups is 2. The Labute approximate surface area is 127 Å². The highest BCUT2D eigenvalue weighted by Crippen LogP contribution is 2.39. The topological polar surface area (TPSA) is 77.5 Å². The molecule has 1 aliphatic rings. The molecule has 21 heavy (non-hydrogen) atoms. The molecule has 2 rings (SSSR count). The number of aryl methyl sites for hydroxylation is 1. The van der Waals surface area contributed by atoms with Crippen LogP contribution >= 0.6 is 11.3 Å². The summed E-state index contributed by atoms with van der Waals surface area (Å²) >= 11 is 1.38. The maximum absolute atomic E-state index is 11.9. The maximum Gasteiger partial charge on any atom is 0.413 e. The second kappa shape index (κ2) is 6.01. The molecule has 0 fully saturated rings. The summed E-state index contributed by atoms with van der Waals surface area (Å²) in [7, 11) is 0. The normalized spacial score (nSPS) is 17.2. The van der Waals surface area contributed by atoms with Gasteiger partial charge in [0.1, 0.15) is 11.5 Å². The van der Waals surface area contributed by atoms with Crippen molar-refractivity contribution in [1.29, 1.82) is 0 Å². The van der Waals surface area contributed by atoms with E-state index in [-0.39, 0.29) is 11.9 Å². The SMILES string of the molecule is CCOC(=O)[C@@H]1CCc2sc(NC(=O)OC(C)(C)C)nc21. The lowest BCUT2D eigenvalue weighted by atomic mass is 10.1. The molecule has 0 aliphatic heterocycles. The number of carbonyl (C=O) groups excluding carboxylic acids is 2. The number of rotatable bonds is 3. The second-order valence-corrected chi connectivity index (χ2v) is 6.88. The van der Waals surface area contributed by atoms with Gasteiger partial charge in [0.05, 0.1) is 12.3 Å². The van der Waals surface area contributed by atoms with E-state index in [4.69, 9.17) is 9.47 Å². The Morgan fingerprint density at radius 3 is 2.76 bits per heavy atom. The minimum absolute atomic E-state index is 0.245. The molecular formula is C14H20N2O4S. The van der Waals surface area contributed by atoms with E-state index < -0.39 is 11.7 Å². The van der Waals surface area contributed by atoms with Crippen LogP contribution in [0.25, 0.3) is 0 Å². The van der Waals surface area contributed by atoms with Crippen molar-refractivity contribution in [2.45, 2.75) is 52.1 Å². The number of thiazole rings is 1. The van der Waals surface area contributed by atoms with Crippen LogP contribution in [0.1, 0.15) is 50.6 Å². The van der Waals surface area contributed by atoms with Crippen LogP contribution in [0.15, 0.2) is 0 Å². The molecule has 116 valence electrons. The van der Waals surface area contributed by atoms with Gasteiger partial charge in [0.2, 0.25) is 0 Å². The first kappa shape index (κ1) is 15.8. The average molecular weight is 312 g/mol. The van der Waals surface area contributed by atoms with Gasteiger partial charge in [-0.2, -0.15) is 0 Å². The summed E-state index contributed by atoms with van der Waals surface area (Å²) < 4.78 is 10.2. The summed E-state index contributed by atoms with van der Waals surface area (Å²) in [5.41, 5.74) is 0.168. The highest BCUT2D eigenvalue weighted by atomic mass is 32.1. The van der Waals surface area contributed by atoms with Crippen molar-refractivity contribution in [2.24, 2.45) is 0 Å². The Hall–Kier alpha value is -1.63. The summed E-state index contributed by atoms with van der Waals surface area (Å²) in [6.45, 7) is 7.53. The molecule has 1 aliphatic carbocycles. The second-order valence-electron chi connectivity index (χ2n) is 5.80. The van der Waals surface area contributed by atoms with E-state index in [9.17, 15) is 9.59 Å². The first-order valence-electron chi connectivity index (χ1n) is 6.96. The number of nitrogens with zero attached hydrogens (tertiary/aromatic N) is 1. The maximum atomic E-state index is 11.9. The average Bonchev–Trinajstić information content (AvgIpc) is 2.85. The van der Waals surface area contributed by atoms with E-state index in [1.54, 1.807) is 27.7 Å². The number of nitrogens with one attached hydrogen (secondary N) is 1. The fourth-order valence-corrected chi connectivity index (χ4v) is 3.17. The lowest BCUT2D eigenvalue weighted by molar-refractivity contribution is -0.145. The quantitative estimate of drug-likeness (QED) is 0.868. The van der Waals surface area contributed by atoms with Gasteiger partial charge in [-0.1, -0.05) is 0 Å². The van der Waals surface area contributed by atoms with Crippen LogP contribution in [-0.4, -0.2) is 29.3 Å². The molecule has 1 atom stereocenters. The highest BCUT2D eigenvalue weighted by Gasteiger charge is 2.34. The van der Waals surface area contributed by atoms with Gasteiger partial charge in [-0.3, -0.25) is 10.1 Å². The fraction of sp³-hybridized carbons (Fsp3) is 0.643. The summed E-state index contributed by atoms with van der Waals surface area (Å²) in [6.07, 6.45) is 0.967. The molecule has 0 aromatic carbocycles. The van der Waals surface area contributed by atoms with Gasteiger partial charge in [-0.25, -0.2) is 9.78 Å². The largest absolute Gasteiger partial charge is 0.465 e. The third-order valence-corrected chi connectivity index (χ3v) is 3.94. The molecule has 0 radical (unpaired) electrons. The molecule has 1 N–H and O–H groups in total. The van der Waals surface area contributed by atoms with Crippen LogP contribution in [0, 0.1) is 0 Å². The van der Waals surface area contributed by atoms with Crippen LogP contribution < -0.4 is 5.32 Å². The number of hydrogen-bond acceptors (Lipinski definition) is 6. The summed E-state index contributed by atoms with van der Waals surface area (Å²) in [4.78, 5) is 29.0. The summed E-state index contributed by atoms with van der Waals surface area (Å²) in [5.74, 6) is -0.559. The highest BCUT2D eigenvalue weighted by molar-refractivity contribution is 7.16. The zero-order valence-electron chi connectivity index (χ0n) is 12.7. The van der Waals surface area contributed by atoms with E-state index in [0.29, 0.717) is 11.7 Å².